The zero-order valence-corrected chi connectivity index (χ0v) is 10.2. The minimum Gasteiger partial charge on any atom is -0.424 e. The minimum atomic E-state index is -3.71. The van der Waals surface area contributed by atoms with E-state index in [9.17, 15) is 0 Å². The fourth-order valence-corrected chi connectivity index (χ4v) is 2.12. The molecule has 0 unspecified atom stereocenters. The molecule has 4 nitrogen and oxygen atoms in total. The number of hydrogen-bond acceptors (Lipinski definition) is 3. The smallest absolute Gasteiger partial charge is 0.375 e. The summed E-state index contributed by atoms with van der Waals surface area (Å²) in [5.74, 6) is 0.358. The van der Waals surface area contributed by atoms with Crippen LogP contribution in [0.3, 0.4) is 0 Å². The van der Waals surface area contributed by atoms with E-state index in [2.05, 4.69) is 16.8 Å². The molecule has 1 aromatic carbocycles. The number of benzene rings is 1. The highest BCUT2D eigenvalue weighted by molar-refractivity contribution is 8.06. The second kappa shape index (κ2) is 4.11. The van der Waals surface area contributed by atoms with Gasteiger partial charge in [0.1, 0.15) is 5.75 Å². The van der Waals surface area contributed by atoms with Crippen LogP contribution >= 0.6 is 6.72 Å². The van der Waals surface area contributed by atoms with Gasteiger partial charge >= 0.3 is 6.72 Å². The molecule has 2 aromatic rings. The van der Waals surface area contributed by atoms with Gasteiger partial charge in [-0.05, 0) is 19.1 Å². The average molecular weight is 255 g/mol. The summed E-state index contributed by atoms with van der Waals surface area (Å²) in [7, 11) is 0. The van der Waals surface area contributed by atoms with Gasteiger partial charge in [0.25, 0.3) is 0 Å². The van der Waals surface area contributed by atoms with Crippen LogP contribution in [-0.4, -0.2) is 14.8 Å². The van der Waals surface area contributed by atoms with E-state index >= 15 is 0 Å². The second-order valence-electron chi connectivity index (χ2n) is 3.36. The van der Waals surface area contributed by atoms with Crippen molar-refractivity contribution in [3.63, 3.8) is 0 Å². The maximum absolute atomic E-state index is 9.16. The Hall–Kier alpha value is -1.00. The molecule has 0 saturated carbocycles. The molecule has 1 heterocycles. The third-order valence-electron chi connectivity index (χ3n) is 2.02. The van der Waals surface area contributed by atoms with Gasteiger partial charge in [-0.25, -0.2) is 0 Å². The summed E-state index contributed by atoms with van der Waals surface area (Å²) >= 11 is 4.45. The number of hydrogen-bond donors (Lipinski definition) is 2. The lowest BCUT2D eigenvalue weighted by molar-refractivity contribution is 0.372. The van der Waals surface area contributed by atoms with Crippen LogP contribution in [0.2, 0.25) is 0 Å². The lowest BCUT2D eigenvalue weighted by Gasteiger charge is -2.12. The maximum atomic E-state index is 9.16. The highest BCUT2D eigenvalue weighted by atomic mass is 32.5. The Morgan fingerprint density at radius 1 is 1.31 bits per heavy atom. The SMILES string of the molecule is Cc1cc(OP(O)(O)=S)c2ccccc2n1. The van der Waals surface area contributed by atoms with Crippen LogP contribution in [0.4, 0.5) is 0 Å². The number of aromatic nitrogens is 1. The van der Waals surface area contributed by atoms with Gasteiger partial charge in [0.05, 0.1) is 5.52 Å². The van der Waals surface area contributed by atoms with Crippen LogP contribution in [0.1, 0.15) is 5.69 Å². The minimum absolute atomic E-state index is 0.358. The number of fused-ring (bicyclic) bond motifs is 1. The van der Waals surface area contributed by atoms with E-state index < -0.39 is 6.72 Å². The molecule has 0 aliphatic carbocycles. The van der Waals surface area contributed by atoms with Crippen LogP contribution < -0.4 is 4.52 Å². The molecule has 1 aromatic heterocycles. The first kappa shape index (κ1) is 11.5. The van der Waals surface area contributed by atoms with Crippen molar-refractivity contribution in [3.8, 4) is 5.75 Å². The summed E-state index contributed by atoms with van der Waals surface area (Å²) in [6, 6.07) is 8.93. The van der Waals surface area contributed by atoms with Crippen LogP contribution in [-0.2, 0) is 11.8 Å². The highest BCUT2D eigenvalue weighted by Crippen LogP contribution is 2.40. The van der Waals surface area contributed by atoms with Crippen molar-refractivity contribution in [2.45, 2.75) is 6.92 Å². The van der Waals surface area contributed by atoms with E-state index in [0.717, 1.165) is 11.2 Å². The van der Waals surface area contributed by atoms with E-state index in [1.807, 2.05) is 18.2 Å². The third-order valence-corrected chi connectivity index (χ3v) is 2.68. The van der Waals surface area contributed by atoms with Crippen molar-refractivity contribution in [1.82, 2.24) is 4.98 Å². The van der Waals surface area contributed by atoms with E-state index in [1.165, 1.54) is 0 Å². The van der Waals surface area contributed by atoms with Crippen molar-refractivity contribution in [2.24, 2.45) is 0 Å². The van der Waals surface area contributed by atoms with Gasteiger partial charge in [0.2, 0.25) is 0 Å². The maximum Gasteiger partial charge on any atom is 0.375 e. The molecule has 0 spiro atoms. The first-order chi connectivity index (χ1) is 7.46. The number of aryl methyl sites for hydroxylation is 1. The van der Waals surface area contributed by atoms with E-state index in [0.29, 0.717) is 11.1 Å². The Labute approximate surface area is 97.8 Å². The molecule has 0 amide bonds. The average Bonchev–Trinajstić information content (AvgIpc) is 2.14. The lowest BCUT2D eigenvalue weighted by atomic mass is 10.2. The molecule has 16 heavy (non-hydrogen) atoms. The summed E-state index contributed by atoms with van der Waals surface area (Å²) in [5.41, 5.74) is 1.47. The van der Waals surface area contributed by atoms with Crippen molar-refractivity contribution in [2.75, 3.05) is 0 Å². The predicted molar refractivity (Wildman–Crippen MR) is 65.8 cm³/mol. The zero-order chi connectivity index (χ0) is 11.8. The molecule has 0 atom stereocenters. The van der Waals surface area contributed by atoms with Gasteiger partial charge in [0.15, 0.2) is 0 Å². The molecule has 0 fully saturated rings. The van der Waals surface area contributed by atoms with Gasteiger partial charge in [0, 0.05) is 29.0 Å². The topological polar surface area (TPSA) is 62.6 Å². The molecular weight excluding hydrogens is 245 g/mol. The molecule has 0 bridgehead atoms. The number of para-hydroxylation sites is 1. The molecule has 84 valence electrons. The normalized spacial score (nSPS) is 11.7. The first-order valence-corrected chi connectivity index (χ1v) is 7.20. The number of pyridine rings is 1. The van der Waals surface area contributed by atoms with Crippen LogP contribution in [0.15, 0.2) is 30.3 Å². The van der Waals surface area contributed by atoms with E-state index in [-0.39, 0.29) is 0 Å². The third kappa shape index (κ3) is 2.57. The highest BCUT2D eigenvalue weighted by Gasteiger charge is 2.13. The summed E-state index contributed by atoms with van der Waals surface area (Å²) in [5, 5.41) is 0.713. The standard InChI is InChI=1S/C10H10NO3PS/c1-7-6-10(14-15(12,13)16)8-4-2-3-5-9(8)11-7/h2-6H,1H3,(H2,12,13,16). The lowest BCUT2D eigenvalue weighted by Crippen LogP contribution is -1.93. The number of nitrogens with zero attached hydrogens (tertiary/aromatic N) is 1. The Kier molecular flexibility index (Phi) is 2.95. The van der Waals surface area contributed by atoms with Crippen LogP contribution in [0.25, 0.3) is 10.9 Å². The molecule has 0 radical (unpaired) electrons. The quantitative estimate of drug-likeness (QED) is 0.805. The second-order valence-corrected chi connectivity index (χ2v) is 5.95. The summed E-state index contributed by atoms with van der Waals surface area (Å²) in [4.78, 5) is 22.6. The Bertz CT molecular complexity index is 581. The monoisotopic (exact) mass is 255 g/mol. The zero-order valence-electron chi connectivity index (χ0n) is 8.49. The summed E-state index contributed by atoms with van der Waals surface area (Å²) in [6.45, 7) is -1.90. The van der Waals surface area contributed by atoms with Crippen molar-refractivity contribution < 1.29 is 14.3 Å². The van der Waals surface area contributed by atoms with Gasteiger partial charge in [-0.15, -0.1) is 0 Å². The molecule has 0 saturated heterocycles. The van der Waals surface area contributed by atoms with Crippen molar-refractivity contribution in [1.29, 1.82) is 0 Å². The van der Waals surface area contributed by atoms with Crippen LogP contribution in [0.5, 0.6) is 5.75 Å². The summed E-state index contributed by atoms with van der Waals surface area (Å²) < 4.78 is 4.99. The molecule has 0 aliphatic rings. The molecule has 2 N–H and O–H groups in total. The summed E-state index contributed by atoms with van der Waals surface area (Å²) in [6.07, 6.45) is 0. The van der Waals surface area contributed by atoms with Crippen molar-refractivity contribution in [3.05, 3.63) is 36.0 Å². The Morgan fingerprint density at radius 2 is 2.00 bits per heavy atom. The molecule has 6 heteroatoms. The largest absolute Gasteiger partial charge is 0.424 e. The number of rotatable bonds is 2. The first-order valence-electron chi connectivity index (χ1n) is 4.57. The van der Waals surface area contributed by atoms with Gasteiger partial charge in [-0.3, -0.25) is 4.98 Å². The Morgan fingerprint density at radius 3 is 2.69 bits per heavy atom. The molecule has 0 aliphatic heterocycles. The fourth-order valence-electron chi connectivity index (χ4n) is 1.47. The van der Waals surface area contributed by atoms with Gasteiger partial charge < -0.3 is 14.3 Å². The molecule has 2 rings (SSSR count). The van der Waals surface area contributed by atoms with Gasteiger partial charge in [-0.2, -0.15) is 0 Å². The predicted octanol–water partition coefficient (Wildman–Crippen LogP) is 2.13. The van der Waals surface area contributed by atoms with Crippen molar-refractivity contribution >= 4 is 29.4 Å². The van der Waals surface area contributed by atoms with Gasteiger partial charge in [-0.1, -0.05) is 12.1 Å². The Balaban J connectivity index is 2.63. The van der Waals surface area contributed by atoms with Crippen LogP contribution in [0, 0.1) is 6.92 Å². The fraction of sp³-hybridized carbons (Fsp3) is 0.100. The molecular formula is C10H10NO3PS. The van der Waals surface area contributed by atoms with E-state index in [4.69, 9.17) is 14.3 Å². The van der Waals surface area contributed by atoms with E-state index in [1.54, 1.807) is 19.1 Å².